The normalized spacial score (nSPS) is 16.5. The zero-order chi connectivity index (χ0) is 10.6. The Balaban J connectivity index is 3.88. The Hall–Kier alpha value is -0.440. The Bertz CT molecular complexity index is 179. The van der Waals surface area contributed by atoms with Crippen molar-refractivity contribution >= 4 is 21.7 Å². The fourth-order valence-electron chi connectivity index (χ4n) is 0.990. The van der Waals surface area contributed by atoms with E-state index in [1.807, 2.05) is 20.8 Å². The van der Waals surface area contributed by atoms with Crippen molar-refractivity contribution in [2.45, 2.75) is 44.5 Å². The quantitative estimate of drug-likeness (QED) is 0.610. The highest BCUT2D eigenvalue weighted by molar-refractivity contribution is 6.23. The minimum absolute atomic E-state index is 0.127. The second-order valence-electron chi connectivity index (χ2n) is 4.18. The molecule has 0 aromatic heterocycles. The van der Waals surface area contributed by atoms with Gasteiger partial charge in [0.25, 0.3) is 5.97 Å². The van der Waals surface area contributed by atoms with Crippen molar-refractivity contribution in [2.24, 2.45) is 0 Å². The third-order valence-corrected chi connectivity index (χ3v) is 1.44. The summed E-state index contributed by atoms with van der Waals surface area (Å²) in [4.78, 5) is 10.4. The van der Waals surface area contributed by atoms with Gasteiger partial charge in [-0.15, -0.1) is 0 Å². The zero-order valence-corrected chi connectivity index (χ0v) is 8.37. The Labute approximate surface area is 82.1 Å². The predicted molar refractivity (Wildman–Crippen MR) is 54.2 cm³/mol. The molecule has 0 amide bonds. The van der Waals surface area contributed by atoms with Gasteiger partial charge in [-0.1, -0.05) is 0 Å². The minimum Gasteiger partial charge on any atom is -0.482 e. The number of aliphatic carboxylic acids is 1. The van der Waals surface area contributed by atoms with Gasteiger partial charge < -0.3 is 10.4 Å². The molecule has 5 heteroatoms. The number of hydrogen-bond acceptors (Lipinski definition) is 2. The molecule has 0 saturated heterocycles. The fourth-order valence-corrected chi connectivity index (χ4v) is 0.990. The van der Waals surface area contributed by atoms with E-state index in [0.717, 1.165) is 0 Å². The largest absolute Gasteiger partial charge is 0.482 e. The first-order chi connectivity index (χ1) is 5.72. The van der Waals surface area contributed by atoms with Crippen molar-refractivity contribution in [3.63, 3.8) is 0 Å². The van der Waals surface area contributed by atoms with E-state index < -0.39 is 11.8 Å². The van der Waals surface area contributed by atoms with Crippen molar-refractivity contribution in [1.29, 1.82) is 0 Å². The number of rotatable bonds is 4. The van der Waals surface area contributed by atoms with Gasteiger partial charge in [0.2, 0.25) is 0 Å². The third kappa shape index (κ3) is 6.70. The molecule has 0 heterocycles. The van der Waals surface area contributed by atoms with Crippen molar-refractivity contribution in [3.05, 3.63) is 0 Å². The molecule has 2 N–H and O–H groups in total. The first kappa shape index (κ1) is 12.6. The van der Waals surface area contributed by atoms with Gasteiger partial charge in [-0.3, -0.25) is 4.79 Å². The molecule has 0 aliphatic heterocycles. The molecule has 0 aliphatic carbocycles. The molecule has 13 heavy (non-hydrogen) atoms. The second kappa shape index (κ2) is 4.70. The van der Waals surface area contributed by atoms with E-state index in [0.29, 0.717) is 0 Å². The zero-order valence-electron chi connectivity index (χ0n) is 8.37. The molecule has 0 fully saturated rings. The molecule has 2 atom stereocenters. The lowest BCUT2D eigenvalue weighted by Gasteiger charge is -2.27. The molecule has 0 rings (SSSR count). The van der Waals surface area contributed by atoms with Gasteiger partial charge in [-0.05, 0) is 33.1 Å². The molecule has 70 valence electrons. The minimum atomic E-state index is -1.02. The van der Waals surface area contributed by atoms with Gasteiger partial charge in [-0.2, -0.15) is 0 Å². The standard InChI is InChI=1S/C8H15B2NO2/c1-8(2,3)11-6(10)4-5(9)7(12)13/h5-6,11H,4H2,1-3H3,(H,12,13). The molecule has 0 aromatic carbocycles. The summed E-state index contributed by atoms with van der Waals surface area (Å²) in [5, 5.41) is 11.6. The SMILES string of the molecule is [B]C(CC([B])C(=O)O)NC(C)(C)C. The third-order valence-electron chi connectivity index (χ3n) is 1.44. The molecule has 2 unspecified atom stereocenters. The number of hydrogen-bond donors (Lipinski definition) is 2. The van der Waals surface area contributed by atoms with Gasteiger partial charge in [0.15, 0.2) is 0 Å². The molecule has 0 aromatic rings. The van der Waals surface area contributed by atoms with Crippen molar-refractivity contribution < 1.29 is 9.90 Å². The van der Waals surface area contributed by atoms with Gasteiger partial charge >= 0.3 is 0 Å². The summed E-state index contributed by atoms with van der Waals surface area (Å²) < 4.78 is 0. The van der Waals surface area contributed by atoms with Gasteiger partial charge in [-0.25, -0.2) is 0 Å². The molecule has 0 spiro atoms. The predicted octanol–water partition coefficient (Wildman–Crippen LogP) is 0.301. The maximum Gasteiger partial charge on any atom is 0.297 e. The van der Waals surface area contributed by atoms with Crippen LogP contribution in [-0.4, -0.2) is 38.2 Å². The van der Waals surface area contributed by atoms with Crippen LogP contribution in [-0.2, 0) is 4.79 Å². The number of carboxylic acid groups (broad SMARTS) is 1. The Kier molecular flexibility index (Phi) is 4.54. The van der Waals surface area contributed by atoms with E-state index >= 15 is 0 Å². The average molecular weight is 179 g/mol. The summed E-state index contributed by atoms with van der Waals surface area (Å²) in [6.45, 7) is 5.87. The van der Waals surface area contributed by atoms with Crippen LogP contribution in [0, 0.1) is 0 Å². The van der Waals surface area contributed by atoms with E-state index in [1.54, 1.807) is 0 Å². The lowest BCUT2D eigenvalue weighted by Crippen LogP contribution is -2.44. The molecule has 0 bridgehead atoms. The maximum atomic E-state index is 10.4. The van der Waals surface area contributed by atoms with Crippen LogP contribution in [0.25, 0.3) is 0 Å². The summed E-state index contributed by atoms with van der Waals surface area (Å²) >= 11 is 0. The summed E-state index contributed by atoms with van der Waals surface area (Å²) in [7, 11) is 11.0. The average Bonchev–Trinajstić information content (AvgIpc) is 1.81. The van der Waals surface area contributed by atoms with Gasteiger partial charge in [0.1, 0.15) is 0 Å². The lowest BCUT2D eigenvalue weighted by atomic mass is 9.76. The van der Waals surface area contributed by atoms with E-state index in [9.17, 15) is 4.79 Å². The highest BCUT2D eigenvalue weighted by Gasteiger charge is 2.18. The fraction of sp³-hybridized carbons (Fsp3) is 0.875. The molecule has 4 radical (unpaired) electrons. The Morgan fingerprint density at radius 2 is 1.92 bits per heavy atom. The molecular weight excluding hydrogens is 164 g/mol. The highest BCUT2D eigenvalue weighted by atomic mass is 16.4. The van der Waals surface area contributed by atoms with Crippen LogP contribution in [0.3, 0.4) is 0 Å². The smallest absolute Gasteiger partial charge is 0.297 e. The molecule has 0 aliphatic rings. The number of carbonyl (C=O) groups is 1. The molecule has 0 saturated carbocycles. The van der Waals surface area contributed by atoms with Crippen molar-refractivity contribution in [2.75, 3.05) is 0 Å². The van der Waals surface area contributed by atoms with Crippen LogP contribution < -0.4 is 5.32 Å². The van der Waals surface area contributed by atoms with E-state index in [2.05, 4.69) is 5.32 Å². The Morgan fingerprint density at radius 1 is 1.46 bits per heavy atom. The summed E-state index contributed by atoms with van der Waals surface area (Å²) in [6, 6.07) is 0. The molecular formula is C8H15B2NO2. The first-order valence-corrected chi connectivity index (χ1v) is 4.24. The van der Waals surface area contributed by atoms with Gasteiger partial charge in [0.05, 0.1) is 15.7 Å². The van der Waals surface area contributed by atoms with Gasteiger partial charge in [0, 0.05) is 11.4 Å². The van der Waals surface area contributed by atoms with Crippen LogP contribution in [0.1, 0.15) is 27.2 Å². The van der Waals surface area contributed by atoms with Crippen LogP contribution >= 0.6 is 0 Å². The van der Waals surface area contributed by atoms with Crippen molar-refractivity contribution in [3.8, 4) is 0 Å². The second-order valence-corrected chi connectivity index (χ2v) is 4.18. The lowest BCUT2D eigenvalue weighted by molar-refractivity contribution is -0.137. The highest BCUT2D eigenvalue weighted by Crippen LogP contribution is 2.10. The summed E-state index contributed by atoms with van der Waals surface area (Å²) in [5.41, 5.74) is -0.127. The first-order valence-electron chi connectivity index (χ1n) is 4.24. The van der Waals surface area contributed by atoms with Crippen molar-refractivity contribution in [1.82, 2.24) is 5.32 Å². The summed E-state index contributed by atoms with van der Waals surface area (Å²) in [6.07, 6.45) is 0.229. The van der Waals surface area contributed by atoms with Crippen LogP contribution in [0.2, 0.25) is 5.82 Å². The topological polar surface area (TPSA) is 49.3 Å². The monoisotopic (exact) mass is 179 g/mol. The summed E-state index contributed by atoms with van der Waals surface area (Å²) in [5.74, 6) is -2.30. The number of nitrogens with one attached hydrogen (secondary N) is 1. The van der Waals surface area contributed by atoms with Crippen LogP contribution in [0.4, 0.5) is 0 Å². The van der Waals surface area contributed by atoms with E-state index in [4.69, 9.17) is 20.8 Å². The number of carboxylic acids is 1. The van der Waals surface area contributed by atoms with Crippen LogP contribution in [0.5, 0.6) is 0 Å². The maximum absolute atomic E-state index is 10.4. The molecule has 3 nitrogen and oxygen atoms in total. The Morgan fingerprint density at radius 3 is 2.23 bits per heavy atom. The van der Waals surface area contributed by atoms with Crippen LogP contribution in [0.15, 0.2) is 0 Å². The van der Waals surface area contributed by atoms with E-state index in [-0.39, 0.29) is 17.9 Å². The van der Waals surface area contributed by atoms with E-state index in [1.165, 1.54) is 0 Å².